The molecule has 0 saturated carbocycles. The van der Waals surface area contributed by atoms with Gasteiger partial charge in [-0.2, -0.15) is 0 Å². The fourth-order valence-corrected chi connectivity index (χ4v) is 1.28. The van der Waals surface area contributed by atoms with E-state index in [1.807, 2.05) is 0 Å². The van der Waals surface area contributed by atoms with Crippen molar-refractivity contribution in [2.75, 3.05) is 0 Å². The Labute approximate surface area is 104 Å². The molecule has 0 atom stereocenters. The molecule has 0 N–H and O–H groups in total. The van der Waals surface area contributed by atoms with Crippen LogP contribution in [0.5, 0.6) is 0 Å². The van der Waals surface area contributed by atoms with Crippen LogP contribution in [0.15, 0.2) is 35.7 Å². The lowest BCUT2D eigenvalue weighted by Crippen LogP contribution is -1.93. The van der Waals surface area contributed by atoms with E-state index in [-0.39, 0.29) is 11.4 Å². The van der Waals surface area contributed by atoms with Gasteiger partial charge >= 0.3 is 0 Å². The van der Waals surface area contributed by atoms with Crippen LogP contribution in [0.3, 0.4) is 0 Å². The monoisotopic (exact) mass is 248 g/mol. The SMILES string of the molecule is C/C(=C/c1ccc(/C=C(\C)[N+](=O)[O-])cc1)[N+](=O)[O-]. The van der Waals surface area contributed by atoms with Gasteiger partial charge < -0.3 is 0 Å². The average molecular weight is 248 g/mol. The van der Waals surface area contributed by atoms with E-state index in [9.17, 15) is 20.2 Å². The largest absolute Gasteiger partial charge is 0.259 e. The van der Waals surface area contributed by atoms with E-state index in [1.165, 1.54) is 26.0 Å². The fraction of sp³-hybridized carbons (Fsp3) is 0.167. The third-order valence-electron chi connectivity index (χ3n) is 2.26. The van der Waals surface area contributed by atoms with Crippen molar-refractivity contribution < 1.29 is 9.85 Å². The lowest BCUT2D eigenvalue weighted by Gasteiger charge is -1.96. The maximum atomic E-state index is 10.4. The molecule has 0 aromatic heterocycles. The number of nitrogens with zero attached hydrogens (tertiary/aromatic N) is 2. The van der Waals surface area contributed by atoms with Crippen molar-refractivity contribution >= 4 is 12.2 Å². The van der Waals surface area contributed by atoms with Gasteiger partial charge in [-0.1, -0.05) is 24.3 Å². The van der Waals surface area contributed by atoms with Crippen LogP contribution in [0, 0.1) is 20.2 Å². The van der Waals surface area contributed by atoms with Crippen LogP contribution in [0.1, 0.15) is 25.0 Å². The second-order valence-corrected chi connectivity index (χ2v) is 3.75. The van der Waals surface area contributed by atoms with Gasteiger partial charge in [-0.3, -0.25) is 20.2 Å². The van der Waals surface area contributed by atoms with Crippen molar-refractivity contribution in [3.05, 3.63) is 67.0 Å². The molecule has 0 spiro atoms. The smallest absolute Gasteiger partial charge is 0.243 e. The van der Waals surface area contributed by atoms with Gasteiger partial charge in [0.15, 0.2) is 0 Å². The molecule has 0 aliphatic heterocycles. The summed E-state index contributed by atoms with van der Waals surface area (Å²) >= 11 is 0. The first-order valence-corrected chi connectivity index (χ1v) is 5.15. The normalized spacial score (nSPS) is 12.3. The molecule has 0 amide bonds. The molecule has 6 nitrogen and oxygen atoms in total. The number of nitro groups is 2. The minimum atomic E-state index is -0.468. The maximum absolute atomic E-state index is 10.4. The highest BCUT2D eigenvalue weighted by atomic mass is 16.6. The van der Waals surface area contributed by atoms with Gasteiger partial charge in [0.2, 0.25) is 11.4 Å². The van der Waals surface area contributed by atoms with Crippen LogP contribution >= 0.6 is 0 Å². The Kier molecular flexibility index (Phi) is 4.31. The molecule has 94 valence electrons. The minimum Gasteiger partial charge on any atom is -0.259 e. The quantitative estimate of drug-likeness (QED) is 0.605. The van der Waals surface area contributed by atoms with E-state index in [4.69, 9.17) is 0 Å². The van der Waals surface area contributed by atoms with Crippen molar-refractivity contribution in [1.82, 2.24) is 0 Å². The molecular weight excluding hydrogens is 236 g/mol. The first-order chi connectivity index (χ1) is 8.40. The Morgan fingerprint density at radius 3 is 1.39 bits per heavy atom. The summed E-state index contributed by atoms with van der Waals surface area (Å²) in [5, 5.41) is 20.9. The molecular formula is C12H12N2O4. The predicted molar refractivity (Wildman–Crippen MR) is 67.7 cm³/mol. The van der Waals surface area contributed by atoms with Crippen molar-refractivity contribution in [2.45, 2.75) is 13.8 Å². The summed E-state index contributed by atoms with van der Waals surface area (Å²) in [4.78, 5) is 20.0. The molecule has 1 aromatic rings. The van der Waals surface area contributed by atoms with E-state index in [0.29, 0.717) is 11.1 Å². The summed E-state index contributed by atoms with van der Waals surface area (Å²) < 4.78 is 0. The van der Waals surface area contributed by atoms with Gasteiger partial charge in [0.1, 0.15) is 0 Å². The van der Waals surface area contributed by atoms with Gasteiger partial charge in [0, 0.05) is 26.0 Å². The van der Waals surface area contributed by atoms with E-state index in [2.05, 4.69) is 0 Å². The summed E-state index contributed by atoms with van der Waals surface area (Å²) in [5.41, 5.74) is 1.44. The summed E-state index contributed by atoms with van der Waals surface area (Å²) in [6, 6.07) is 6.69. The number of rotatable bonds is 4. The van der Waals surface area contributed by atoms with Gasteiger partial charge in [-0.15, -0.1) is 0 Å². The average Bonchev–Trinajstić information content (AvgIpc) is 2.31. The molecule has 1 rings (SSSR count). The van der Waals surface area contributed by atoms with Crippen LogP contribution in [0.4, 0.5) is 0 Å². The van der Waals surface area contributed by atoms with E-state index in [0.717, 1.165) is 0 Å². The molecule has 18 heavy (non-hydrogen) atoms. The van der Waals surface area contributed by atoms with Crippen LogP contribution in [-0.4, -0.2) is 9.85 Å². The number of benzene rings is 1. The Hall–Kier alpha value is -2.50. The summed E-state index contributed by atoms with van der Waals surface area (Å²) in [6.45, 7) is 2.81. The minimum absolute atomic E-state index is 0.0414. The Bertz CT molecular complexity index is 481. The predicted octanol–water partition coefficient (Wildman–Crippen LogP) is 2.96. The van der Waals surface area contributed by atoms with E-state index in [1.54, 1.807) is 24.3 Å². The number of hydrogen-bond donors (Lipinski definition) is 0. The lowest BCUT2D eigenvalue weighted by molar-refractivity contribution is -0.422. The van der Waals surface area contributed by atoms with Crippen LogP contribution in [-0.2, 0) is 0 Å². The highest BCUT2D eigenvalue weighted by molar-refractivity contribution is 5.56. The van der Waals surface area contributed by atoms with Crippen molar-refractivity contribution in [3.63, 3.8) is 0 Å². The molecule has 0 heterocycles. The van der Waals surface area contributed by atoms with Gasteiger partial charge in [-0.05, 0) is 11.1 Å². The first kappa shape index (κ1) is 13.6. The second kappa shape index (κ2) is 5.72. The molecule has 6 heteroatoms. The molecule has 0 aliphatic rings. The van der Waals surface area contributed by atoms with Crippen LogP contribution < -0.4 is 0 Å². The van der Waals surface area contributed by atoms with Crippen LogP contribution in [0.2, 0.25) is 0 Å². The summed E-state index contributed by atoms with van der Waals surface area (Å²) in [5.74, 6) is 0. The Balaban J connectivity index is 2.94. The summed E-state index contributed by atoms with van der Waals surface area (Å²) in [6.07, 6.45) is 2.88. The Morgan fingerprint density at radius 1 is 0.889 bits per heavy atom. The van der Waals surface area contributed by atoms with Crippen molar-refractivity contribution in [1.29, 1.82) is 0 Å². The zero-order chi connectivity index (χ0) is 13.7. The summed E-state index contributed by atoms with van der Waals surface area (Å²) in [7, 11) is 0. The molecule has 0 fully saturated rings. The van der Waals surface area contributed by atoms with Gasteiger partial charge in [-0.25, -0.2) is 0 Å². The molecule has 1 aromatic carbocycles. The van der Waals surface area contributed by atoms with Gasteiger partial charge in [0.25, 0.3) is 0 Å². The van der Waals surface area contributed by atoms with Gasteiger partial charge in [0.05, 0.1) is 9.85 Å². The zero-order valence-corrected chi connectivity index (χ0v) is 9.99. The standard InChI is InChI=1S/C12H12N2O4/c1-9(13(15)16)7-11-3-5-12(6-4-11)8-10(2)14(17)18/h3-8H,1-2H3/b9-7-,10-8+. The fourth-order valence-electron chi connectivity index (χ4n) is 1.28. The van der Waals surface area contributed by atoms with Crippen LogP contribution in [0.25, 0.3) is 12.2 Å². The van der Waals surface area contributed by atoms with Crippen molar-refractivity contribution in [2.24, 2.45) is 0 Å². The third kappa shape index (κ3) is 3.82. The molecule has 0 radical (unpaired) electrons. The van der Waals surface area contributed by atoms with Crippen molar-refractivity contribution in [3.8, 4) is 0 Å². The first-order valence-electron chi connectivity index (χ1n) is 5.15. The lowest BCUT2D eigenvalue weighted by atomic mass is 10.1. The molecule has 0 aliphatic carbocycles. The van der Waals surface area contributed by atoms with E-state index < -0.39 is 9.85 Å². The highest BCUT2D eigenvalue weighted by Gasteiger charge is 2.03. The maximum Gasteiger partial charge on any atom is 0.243 e. The molecule has 0 saturated heterocycles. The topological polar surface area (TPSA) is 86.3 Å². The second-order valence-electron chi connectivity index (χ2n) is 3.75. The van der Waals surface area contributed by atoms with E-state index >= 15 is 0 Å². The molecule has 0 unspecified atom stereocenters. The third-order valence-corrected chi connectivity index (χ3v) is 2.26. The zero-order valence-electron chi connectivity index (χ0n) is 9.99. The number of hydrogen-bond acceptors (Lipinski definition) is 4. The highest BCUT2D eigenvalue weighted by Crippen LogP contribution is 2.12. The Morgan fingerprint density at radius 2 is 1.17 bits per heavy atom. The molecule has 0 bridgehead atoms. The number of allylic oxidation sites excluding steroid dienone is 2.